The van der Waals surface area contributed by atoms with Crippen LogP contribution in [0.1, 0.15) is 5.56 Å². The van der Waals surface area contributed by atoms with Gasteiger partial charge in [-0.25, -0.2) is 0 Å². The molecule has 0 fully saturated rings. The van der Waals surface area contributed by atoms with Crippen LogP contribution in [0.2, 0.25) is 0 Å². The first-order chi connectivity index (χ1) is 6.18. The lowest BCUT2D eigenvalue weighted by Crippen LogP contribution is -2.29. The number of H-pyrrole nitrogens is 2. The highest BCUT2D eigenvalue weighted by Crippen LogP contribution is 2.09. The van der Waals surface area contributed by atoms with Crippen molar-refractivity contribution in [2.45, 2.75) is 0 Å². The van der Waals surface area contributed by atoms with Crippen molar-refractivity contribution in [3.8, 4) is 0 Å². The van der Waals surface area contributed by atoms with Crippen molar-refractivity contribution in [1.29, 1.82) is 0 Å². The van der Waals surface area contributed by atoms with E-state index in [1.54, 1.807) is 18.2 Å². The average molecular weight is 174 g/mol. The molecule has 64 valence electrons. The lowest BCUT2D eigenvalue weighted by molar-refractivity contribution is 1.14. The van der Waals surface area contributed by atoms with Gasteiger partial charge in [-0.05, 0) is 11.6 Å². The van der Waals surface area contributed by atoms with Gasteiger partial charge in [0.1, 0.15) is 0 Å². The number of hydrogen-bond acceptors (Lipinski definition) is 2. The van der Waals surface area contributed by atoms with E-state index < -0.39 is 11.1 Å². The second kappa shape index (κ2) is 2.58. The number of benzene rings is 1. The summed E-state index contributed by atoms with van der Waals surface area (Å²) in [6.45, 7) is 5.58. The van der Waals surface area contributed by atoms with Gasteiger partial charge in [0, 0.05) is 6.92 Å². The van der Waals surface area contributed by atoms with E-state index in [4.69, 9.17) is 6.92 Å². The quantitative estimate of drug-likeness (QED) is 0.563. The molecule has 2 aromatic rings. The molecule has 0 aliphatic carbocycles. The fourth-order valence-electron chi connectivity index (χ4n) is 1.16. The number of nitrogens with one attached hydrogen (secondary N) is 2. The van der Waals surface area contributed by atoms with Crippen molar-refractivity contribution in [1.82, 2.24) is 9.97 Å². The maximum absolute atomic E-state index is 10.9. The van der Waals surface area contributed by atoms with Crippen LogP contribution >= 0.6 is 0 Å². The third-order valence-electron chi connectivity index (χ3n) is 1.79. The Morgan fingerprint density at radius 3 is 2.54 bits per heavy atom. The van der Waals surface area contributed by atoms with E-state index >= 15 is 0 Å². The first-order valence-electron chi connectivity index (χ1n) is 3.69. The Kier molecular flexibility index (Phi) is 1.55. The highest BCUT2D eigenvalue weighted by atomic mass is 16.2. The van der Waals surface area contributed by atoms with Gasteiger partial charge in [-0.2, -0.15) is 0 Å². The van der Waals surface area contributed by atoms with Gasteiger partial charge >= 0.3 is 11.1 Å². The van der Waals surface area contributed by atoms with E-state index in [0.717, 1.165) is 0 Å². The number of para-hydroxylation sites is 1. The molecule has 0 aliphatic heterocycles. The molecule has 1 aromatic heterocycles. The molecular weight excluding hydrogens is 168 g/mol. The summed E-state index contributed by atoms with van der Waals surface area (Å²) in [5.74, 6) is 0. The lowest BCUT2D eigenvalue weighted by Gasteiger charge is -1.98. The molecule has 4 heteroatoms. The molecule has 0 amide bonds. The largest absolute Gasteiger partial charge is 0.316 e. The van der Waals surface area contributed by atoms with E-state index in [0.29, 0.717) is 16.6 Å². The zero-order chi connectivity index (χ0) is 9.42. The Morgan fingerprint density at radius 1 is 1.08 bits per heavy atom. The van der Waals surface area contributed by atoms with E-state index in [1.165, 1.54) is 0 Å². The third kappa shape index (κ3) is 1.16. The van der Waals surface area contributed by atoms with E-state index in [2.05, 4.69) is 9.97 Å². The van der Waals surface area contributed by atoms with Gasteiger partial charge in [-0.3, -0.25) is 9.59 Å². The Labute approximate surface area is 73.2 Å². The molecular formula is C9H6N2O2. The van der Waals surface area contributed by atoms with E-state index in [9.17, 15) is 9.59 Å². The molecule has 2 rings (SSSR count). The molecule has 13 heavy (non-hydrogen) atoms. The van der Waals surface area contributed by atoms with Crippen molar-refractivity contribution in [3.63, 3.8) is 0 Å². The predicted molar refractivity (Wildman–Crippen MR) is 48.6 cm³/mol. The van der Waals surface area contributed by atoms with Crippen molar-refractivity contribution >= 4 is 11.0 Å². The summed E-state index contributed by atoms with van der Waals surface area (Å²) in [4.78, 5) is 26.7. The maximum Gasteiger partial charge on any atom is 0.314 e. The number of aromatic nitrogens is 2. The normalized spacial score (nSPS) is 10.5. The summed E-state index contributed by atoms with van der Waals surface area (Å²) in [6, 6.07) is 5.02. The van der Waals surface area contributed by atoms with Gasteiger partial charge in [0.25, 0.3) is 0 Å². The Hall–Kier alpha value is -1.84. The molecule has 0 unspecified atom stereocenters. The lowest BCUT2D eigenvalue weighted by atomic mass is 10.2. The average Bonchev–Trinajstić information content (AvgIpc) is 2.09. The zero-order valence-electron chi connectivity index (χ0n) is 6.63. The fourth-order valence-corrected chi connectivity index (χ4v) is 1.16. The first-order valence-corrected chi connectivity index (χ1v) is 3.69. The number of aromatic amines is 2. The molecule has 0 aliphatic rings. The minimum atomic E-state index is -0.689. The molecule has 0 atom stereocenters. The fraction of sp³-hybridized carbons (Fsp3) is 0. The SMILES string of the molecule is [CH]c1cccc2[nH]c(=O)c(=O)[nH]c12. The zero-order valence-corrected chi connectivity index (χ0v) is 6.63. The Bertz CT molecular complexity index is 566. The van der Waals surface area contributed by atoms with Crippen LogP contribution in [-0.4, -0.2) is 9.97 Å². The molecule has 1 aromatic carbocycles. The Balaban J connectivity index is 3.06. The molecule has 1 heterocycles. The van der Waals surface area contributed by atoms with Gasteiger partial charge < -0.3 is 9.97 Å². The van der Waals surface area contributed by atoms with E-state index in [-0.39, 0.29) is 0 Å². The van der Waals surface area contributed by atoms with Gasteiger partial charge in [0.05, 0.1) is 11.0 Å². The monoisotopic (exact) mass is 174 g/mol. The standard InChI is InChI=1S/C9H6N2O2/c1-5-3-2-4-6-7(5)11-9(13)8(12)10-6/h1-4H,(H,10,12)(H,11,13). The molecule has 2 radical (unpaired) electrons. The maximum atomic E-state index is 10.9. The molecule has 0 saturated carbocycles. The second-order valence-electron chi connectivity index (χ2n) is 2.68. The molecule has 0 saturated heterocycles. The first kappa shape index (κ1) is 7.79. The predicted octanol–water partition coefficient (Wildman–Crippen LogP) is 0.276. The minimum absolute atomic E-state index is 0.436. The second-order valence-corrected chi connectivity index (χ2v) is 2.68. The van der Waals surface area contributed by atoms with Crippen LogP contribution in [-0.2, 0) is 0 Å². The third-order valence-corrected chi connectivity index (χ3v) is 1.79. The summed E-state index contributed by atoms with van der Waals surface area (Å²) in [5.41, 5.74) is 0.0750. The number of fused-ring (bicyclic) bond motifs is 1. The van der Waals surface area contributed by atoms with Crippen LogP contribution in [0.5, 0.6) is 0 Å². The van der Waals surface area contributed by atoms with Gasteiger partial charge in [0.2, 0.25) is 0 Å². The Morgan fingerprint density at radius 2 is 1.77 bits per heavy atom. The number of rotatable bonds is 0. The summed E-state index contributed by atoms with van der Waals surface area (Å²) >= 11 is 0. The van der Waals surface area contributed by atoms with Crippen molar-refractivity contribution in [3.05, 3.63) is 51.4 Å². The van der Waals surface area contributed by atoms with Crippen LogP contribution in [0.3, 0.4) is 0 Å². The topological polar surface area (TPSA) is 65.7 Å². The molecule has 0 spiro atoms. The van der Waals surface area contributed by atoms with Gasteiger partial charge in [0.15, 0.2) is 0 Å². The molecule has 2 N–H and O–H groups in total. The van der Waals surface area contributed by atoms with Crippen molar-refractivity contribution in [2.75, 3.05) is 0 Å². The smallest absolute Gasteiger partial charge is 0.314 e. The summed E-state index contributed by atoms with van der Waals surface area (Å²) in [7, 11) is 0. The van der Waals surface area contributed by atoms with Gasteiger partial charge in [-0.1, -0.05) is 12.1 Å². The van der Waals surface area contributed by atoms with Crippen LogP contribution in [0.15, 0.2) is 27.8 Å². The summed E-state index contributed by atoms with van der Waals surface area (Å²) in [5, 5.41) is 0. The highest BCUT2D eigenvalue weighted by Gasteiger charge is 2.00. The van der Waals surface area contributed by atoms with Crippen LogP contribution < -0.4 is 11.1 Å². The van der Waals surface area contributed by atoms with Crippen LogP contribution in [0.4, 0.5) is 0 Å². The van der Waals surface area contributed by atoms with E-state index in [1.807, 2.05) is 0 Å². The summed E-state index contributed by atoms with van der Waals surface area (Å²) < 4.78 is 0. The summed E-state index contributed by atoms with van der Waals surface area (Å²) in [6.07, 6.45) is 0. The highest BCUT2D eigenvalue weighted by molar-refractivity contribution is 5.77. The molecule has 4 nitrogen and oxygen atoms in total. The van der Waals surface area contributed by atoms with Crippen LogP contribution in [0.25, 0.3) is 11.0 Å². The minimum Gasteiger partial charge on any atom is -0.316 e. The molecule has 0 bridgehead atoms. The van der Waals surface area contributed by atoms with Crippen molar-refractivity contribution in [2.24, 2.45) is 0 Å². The number of hydrogen-bond donors (Lipinski definition) is 2. The van der Waals surface area contributed by atoms with Gasteiger partial charge in [-0.15, -0.1) is 0 Å². The van der Waals surface area contributed by atoms with Crippen molar-refractivity contribution < 1.29 is 0 Å². The van der Waals surface area contributed by atoms with Crippen LogP contribution in [0, 0.1) is 6.92 Å².